The van der Waals surface area contributed by atoms with Crippen LogP contribution >= 0.6 is 11.3 Å². The second-order valence-electron chi connectivity index (χ2n) is 1.19. The van der Waals surface area contributed by atoms with Crippen LogP contribution in [0.5, 0.6) is 0 Å². The van der Waals surface area contributed by atoms with Crippen LogP contribution in [0.25, 0.3) is 0 Å². The van der Waals surface area contributed by atoms with Crippen molar-refractivity contribution in [1.29, 1.82) is 0 Å². The lowest BCUT2D eigenvalue weighted by atomic mass is 10.9. The number of carboxylic acids is 1. The van der Waals surface area contributed by atoms with Crippen LogP contribution in [0.15, 0.2) is 17.1 Å². The quantitative estimate of drug-likeness (QED) is 0.613. The Morgan fingerprint density at radius 3 is 2.18 bits per heavy atom. The monoisotopic (exact) mass is 176 g/mol. The van der Waals surface area contributed by atoms with Crippen molar-refractivity contribution in [3.8, 4) is 0 Å². The average Bonchev–Trinajstić information content (AvgIpc) is 2.44. The molecule has 1 rings (SSSR count). The van der Waals surface area contributed by atoms with Crippen molar-refractivity contribution in [1.82, 2.24) is 4.98 Å². The molecule has 0 aromatic carbocycles. The van der Waals surface area contributed by atoms with Crippen LogP contribution in [-0.2, 0) is 4.79 Å². The van der Waals surface area contributed by atoms with Crippen LogP contribution in [0.4, 0.5) is 0 Å². The van der Waals surface area contributed by atoms with Gasteiger partial charge >= 0.3 is 0 Å². The standard InChI is InChI=1S/C3H3NS.C2H4O2.CH5N/c1-2-5-3-4-1;1-2(3)4;1-2/h1-3H;1H3,(H,3,4);2H2,1H3. The third-order valence-electron chi connectivity index (χ3n) is 0.347. The fourth-order valence-electron chi connectivity index (χ4n) is 0.176. The maximum atomic E-state index is 9.00. The maximum Gasteiger partial charge on any atom is 0.300 e. The molecule has 5 heteroatoms. The number of thiazole rings is 1. The van der Waals surface area contributed by atoms with Gasteiger partial charge in [0, 0.05) is 18.5 Å². The summed E-state index contributed by atoms with van der Waals surface area (Å²) in [7, 11) is 1.50. The minimum Gasteiger partial charge on any atom is -0.481 e. The zero-order valence-electron chi connectivity index (χ0n) is 6.52. The van der Waals surface area contributed by atoms with Gasteiger partial charge in [0.15, 0.2) is 0 Å². The lowest BCUT2D eigenvalue weighted by molar-refractivity contribution is -0.134. The molecule has 0 atom stereocenters. The molecule has 1 aromatic heterocycles. The average molecular weight is 176 g/mol. The first-order chi connectivity index (χ1) is 5.23. The Kier molecular flexibility index (Phi) is 13.6. The summed E-state index contributed by atoms with van der Waals surface area (Å²) in [5, 5.41) is 9.35. The third kappa shape index (κ3) is 27.4. The van der Waals surface area contributed by atoms with E-state index in [1.54, 1.807) is 23.0 Å². The summed E-state index contributed by atoms with van der Waals surface area (Å²) in [6.45, 7) is 1.08. The molecule has 3 N–H and O–H groups in total. The molecule has 0 fully saturated rings. The van der Waals surface area contributed by atoms with E-state index in [-0.39, 0.29) is 0 Å². The predicted octanol–water partition coefficient (Wildman–Crippen LogP) is 0.809. The van der Waals surface area contributed by atoms with Crippen molar-refractivity contribution in [2.45, 2.75) is 6.92 Å². The molecule has 0 saturated heterocycles. The van der Waals surface area contributed by atoms with Gasteiger partial charge in [-0.05, 0) is 7.05 Å². The van der Waals surface area contributed by atoms with Gasteiger partial charge in [-0.3, -0.25) is 9.78 Å². The zero-order valence-corrected chi connectivity index (χ0v) is 7.34. The molecule has 0 bridgehead atoms. The number of nitrogens with two attached hydrogens (primary N) is 1. The molecular weight excluding hydrogens is 164 g/mol. The number of nitrogens with zero attached hydrogens (tertiary/aromatic N) is 1. The highest BCUT2D eigenvalue weighted by Crippen LogP contribution is 1.85. The number of hydrogen-bond acceptors (Lipinski definition) is 4. The molecule has 0 radical (unpaired) electrons. The SMILES string of the molecule is CC(=O)O.CN.c1cscn1. The molecule has 64 valence electrons. The van der Waals surface area contributed by atoms with Crippen molar-refractivity contribution in [2.75, 3.05) is 7.05 Å². The number of carboxylic acid groups (broad SMARTS) is 1. The first-order valence-electron chi connectivity index (χ1n) is 2.83. The van der Waals surface area contributed by atoms with Gasteiger partial charge in [-0.15, -0.1) is 11.3 Å². The van der Waals surface area contributed by atoms with E-state index in [2.05, 4.69) is 10.7 Å². The van der Waals surface area contributed by atoms with Crippen LogP contribution in [0.1, 0.15) is 6.92 Å². The summed E-state index contributed by atoms with van der Waals surface area (Å²) >= 11 is 1.60. The number of hydrogen-bond donors (Lipinski definition) is 2. The number of aromatic nitrogens is 1. The molecule has 0 aliphatic heterocycles. The van der Waals surface area contributed by atoms with E-state index >= 15 is 0 Å². The fraction of sp³-hybridized carbons (Fsp3) is 0.333. The highest BCUT2D eigenvalue weighted by molar-refractivity contribution is 7.07. The van der Waals surface area contributed by atoms with Gasteiger partial charge in [-0.2, -0.15) is 0 Å². The molecular formula is C6H12N2O2S. The first kappa shape index (κ1) is 12.7. The minimum absolute atomic E-state index is 0.833. The largest absolute Gasteiger partial charge is 0.481 e. The van der Waals surface area contributed by atoms with Crippen molar-refractivity contribution in [2.24, 2.45) is 5.73 Å². The lowest BCUT2D eigenvalue weighted by Crippen LogP contribution is -1.78. The summed E-state index contributed by atoms with van der Waals surface area (Å²) in [6.07, 6.45) is 1.77. The zero-order chi connectivity index (χ0) is 9.11. The van der Waals surface area contributed by atoms with E-state index in [9.17, 15) is 0 Å². The summed E-state index contributed by atoms with van der Waals surface area (Å²) in [5.41, 5.74) is 6.29. The van der Waals surface area contributed by atoms with E-state index < -0.39 is 5.97 Å². The summed E-state index contributed by atoms with van der Waals surface area (Å²) in [4.78, 5) is 12.7. The lowest BCUT2D eigenvalue weighted by Gasteiger charge is -1.59. The van der Waals surface area contributed by atoms with Crippen LogP contribution in [0.2, 0.25) is 0 Å². The third-order valence-corrected chi connectivity index (χ3v) is 0.869. The predicted molar refractivity (Wildman–Crippen MR) is 45.5 cm³/mol. The molecule has 0 amide bonds. The smallest absolute Gasteiger partial charge is 0.300 e. The van der Waals surface area contributed by atoms with E-state index in [4.69, 9.17) is 9.90 Å². The molecule has 0 spiro atoms. The molecule has 1 heterocycles. The fourth-order valence-corrected chi connectivity index (χ4v) is 0.527. The van der Waals surface area contributed by atoms with Crippen LogP contribution in [0.3, 0.4) is 0 Å². The highest BCUT2D eigenvalue weighted by Gasteiger charge is 1.65. The van der Waals surface area contributed by atoms with Gasteiger partial charge in [0.05, 0.1) is 5.51 Å². The Hall–Kier alpha value is -0.940. The van der Waals surface area contributed by atoms with Gasteiger partial charge in [0.2, 0.25) is 0 Å². The van der Waals surface area contributed by atoms with E-state index in [0.29, 0.717) is 0 Å². The van der Waals surface area contributed by atoms with Crippen molar-refractivity contribution < 1.29 is 9.90 Å². The first-order valence-corrected chi connectivity index (χ1v) is 3.77. The summed E-state index contributed by atoms with van der Waals surface area (Å²) in [6, 6.07) is 0. The maximum absolute atomic E-state index is 9.00. The Bertz CT molecular complexity index is 132. The molecule has 4 nitrogen and oxygen atoms in total. The molecule has 11 heavy (non-hydrogen) atoms. The van der Waals surface area contributed by atoms with Gasteiger partial charge in [-0.1, -0.05) is 0 Å². The van der Waals surface area contributed by atoms with Gasteiger partial charge in [-0.25, -0.2) is 0 Å². The Morgan fingerprint density at radius 1 is 1.64 bits per heavy atom. The van der Waals surface area contributed by atoms with Crippen LogP contribution in [-0.4, -0.2) is 23.1 Å². The molecule has 0 aliphatic rings. The van der Waals surface area contributed by atoms with E-state index in [1.807, 2.05) is 5.38 Å². The highest BCUT2D eigenvalue weighted by atomic mass is 32.1. The van der Waals surface area contributed by atoms with Gasteiger partial charge < -0.3 is 10.8 Å². The molecule has 0 saturated carbocycles. The summed E-state index contributed by atoms with van der Waals surface area (Å²) < 4.78 is 0. The minimum atomic E-state index is -0.833. The summed E-state index contributed by atoms with van der Waals surface area (Å²) in [5.74, 6) is -0.833. The van der Waals surface area contributed by atoms with Crippen LogP contribution in [0, 0.1) is 0 Å². The van der Waals surface area contributed by atoms with Gasteiger partial charge in [0.25, 0.3) is 5.97 Å². The second kappa shape index (κ2) is 11.8. The Labute approximate surface area is 69.7 Å². The second-order valence-corrected chi connectivity index (χ2v) is 1.95. The van der Waals surface area contributed by atoms with Gasteiger partial charge in [0.1, 0.15) is 0 Å². The van der Waals surface area contributed by atoms with Crippen molar-refractivity contribution >= 4 is 17.3 Å². The van der Waals surface area contributed by atoms with Crippen LogP contribution < -0.4 is 5.73 Å². The van der Waals surface area contributed by atoms with E-state index in [1.165, 1.54) is 7.05 Å². The normalized spacial score (nSPS) is 6.45. The van der Waals surface area contributed by atoms with Crippen molar-refractivity contribution in [3.63, 3.8) is 0 Å². The number of carbonyl (C=O) groups is 1. The number of rotatable bonds is 0. The molecule has 0 unspecified atom stereocenters. The molecule has 1 aromatic rings. The topological polar surface area (TPSA) is 76.2 Å². The van der Waals surface area contributed by atoms with E-state index in [0.717, 1.165) is 6.92 Å². The van der Waals surface area contributed by atoms with Crippen molar-refractivity contribution in [3.05, 3.63) is 17.1 Å². The number of aliphatic carboxylic acids is 1. The Morgan fingerprint density at radius 2 is 2.09 bits per heavy atom. The Balaban J connectivity index is 0. The molecule has 0 aliphatic carbocycles.